The van der Waals surface area contributed by atoms with Crippen LogP contribution in [0.5, 0.6) is 0 Å². The largest absolute Gasteiger partial charge is 0.392 e. The molecule has 2 heterocycles. The Kier molecular flexibility index (Phi) is 6.93. The lowest BCUT2D eigenvalue weighted by Crippen LogP contribution is -2.41. The molecule has 9 nitrogen and oxygen atoms in total. The average molecular weight is 532 g/mol. The summed E-state index contributed by atoms with van der Waals surface area (Å²) >= 11 is 0. The molecule has 204 valence electrons. The van der Waals surface area contributed by atoms with Crippen LogP contribution >= 0.6 is 0 Å². The minimum absolute atomic E-state index is 0.0159. The molecule has 2 fully saturated rings. The number of aliphatic hydroxyl groups excluding tert-OH is 1. The minimum atomic E-state index is -1.09. The van der Waals surface area contributed by atoms with E-state index in [0.29, 0.717) is 61.3 Å². The van der Waals surface area contributed by atoms with Crippen molar-refractivity contribution in [2.75, 3.05) is 10.6 Å². The van der Waals surface area contributed by atoms with Gasteiger partial charge in [0.1, 0.15) is 17.0 Å². The zero-order valence-corrected chi connectivity index (χ0v) is 21.3. The molecule has 38 heavy (non-hydrogen) atoms. The number of primary amides is 1. The maximum Gasteiger partial charge on any atom is 0.224 e. The third-order valence-corrected chi connectivity index (χ3v) is 8.02. The van der Waals surface area contributed by atoms with Crippen molar-refractivity contribution in [3.05, 3.63) is 35.8 Å². The molecule has 0 unspecified atom stereocenters. The highest BCUT2D eigenvalue weighted by Crippen LogP contribution is 2.39. The number of halogens is 3. The lowest BCUT2D eigenvalue weighted by Gasteiger charge is -2.39. The summed E-state index contributed by atoms with van der Waals surface area (Å²) in [5, 5.41) is 16.5. The number of nitrogens with one attached hydrogen (secondary N) is 2. The van der Waals surface area contributed by atoms with Gasteiger partial charge in [0.25, 0.3) is 0 Å². The van der Waals surface area contributed by atoms with Crippen molar-refractivity contribution in [1.82, 2.24) is 19.5 Å². The monoisotopic (exact) mass is 531 g/mol. The minimum Gasteiger partial charge on any atom is -0.392 e. The van der Waals surface area contributed by atoms with Gasteiger partial charge in [0, 0.05) is 30.1 Å². The predicted molar refractivity (Wildman–Crippen MR) is 136 cm³/mol. The maximum absolute atomic E-state index is 14.5. The highest BCUT2D eigenvalue weighted by Gasteiger charge is 2.35. The first-order chi connectivity index (χ1) is 18.0. The van der Waals surface area contributed by atoms with Gasteiger partial charge in [-0.3, -0.25) is 9.36 Å². The number of hydrogen-bond acceptors (Lipinski definition) is 7. The number of aromatic nitrogens is 4. The molecular weight excluding hydrogens is 499 g/mol. The Morgan fingerprint density at radius 1 is 1.11 bits per heavy atom. The van der Waals surface area contributed by atoms with Crippen LogP contribution in [0.4, 0.5) is 30.8 Å². The van der Waals surface area contributed by atoms with E-state index in [9.17, 15) is 23.1 Å². The molecule has 2 atom stereocenters. The number of rotatable bonds is 6. The van der Waals surface area contributed by atoms with E-state index in [2.05, 4.69) is 20.6 Å². The Balaban J connectivity index is 1.49. The van der Waals surface area contributed by atoms with Gasteiger partial charge in [0.2, 0.25) is 17.8 Å². The molecule has 0 radical (unpaired) electrons. The van der Waals surface area contributed by atoms with Crippen molar-refractivity contribution in [1.29, 1.82) is 0 Å². The number of carbonyl (C=O) groups excluding carboxylic acids is 1. The van der Waals surface area contributed by atoms with Crippen molar-refractivity contribution < 1.29 is 23.1 Å². The molecule has 5 rings (SSSR count). The first-order valence-electron chi connectivity index (χ1n) is 12.9. The zero-order chi connectivity index (χ0) is 27.2. The van der Waals surface area contributed by atoms with Crippen LogP contribution in [0, 0.1) is 28.8 Å². The summed E-state index contributed by atoms with van der Waals surface area (Å²) in [5.74, 6) is -3.31. The average Bonchev–Trinajstić information content (AvgIpc) is 3.21. The summed E-state index contributed by atoms with van der Waals surface area (Å²) < 4.78 is 44.2. The van der Waals surface area contributed by atoms with E-state index < -0.39 is 29.2 Å². The summed E-state index contributed by atoms with van der Waals surface area (Å²) in [6.45, 7) is 4.09. The molecule has 1 aromatic carbocycles. The molecule has 2 saturated carbocycles. The number of nitrogens with zero attached hydrogens (tertiary/aromatic N) is 4. The number of nitrogens with two attached hydrogens (primary N) is 1. The zero-order valence-electron chi connectivity index (χ0n) is 21.3. The van der Waals surface area contributed by atoms with Crippen LogP contribution in [0.25, 0.3) is 11.2 Å². The molecule has 0 saturated heterocycles. The van der Waals surface area contributed by atoms with E-state index in [0.717, 1.165) is 12.8 Å². The van der Waals surface area contributed by atoms with E-state index >= 15 is 0 Å². The summed E-state index contributed by atoms with van der Waals surface area (Å²) in [6, 6.07) is 0.999. The molecular formula is C26H32F3N7O2. The van der Waals surface area contributed by atoms with Crippen molar-refractivity contribution in [2.45, 2.75) is 77.0 Å². The number of carbonyl (C=O) groups is 1. The Morgan fingerprint density at radius 2 is 1.79 bits per heavy atom. The third kappa shape index (κ3) is 5.13. The van der Waals surface area contributed by atoms with E-state index in [1.807, 2.05) is 13.8 Å². The van der Waals surface area contributed by atoms with Gasteiger partial charge >= 0.3 is 0 Å². The maximum atomic E-state index is 14.5. The molecule has 2 aromatic heterocycles. The van der Waals surface area contributed by atoms with Gasteiger partial charge in [-0.25, -0.2) is 23.1 Å². The Hall–Kier alpha value is -3.41. The van der Waals surface area contributed by atoms with Crippen molar-refractivity contribution in [3.63, 3.8) is 0 Å². The van der Waals surface area contributed by atoms with Gasteiger partial charge in [0.15, 0.2) is 17.3 Å². The van der Waals surface area contributed by atoms with Gasteiger partial charge in [-0.2, -0.15) is 4.98 Å². The van der Waals surface area contributed by atoms with Crippen LogP contribution in [0.3, 0.4) is 0 Å². The molecule has 3 aromatic rings. The quantitative estimate of drug-likeness (QED) is 0.367. The number of anilines is 3. The predicted octanol–water partition coefficient (Wildman–Crippen LogP) is 4.56. The van der Waals surface area contributed by atoms with Crippen LogP contribution in [-0.4, -0.2) is 42.7 Å². The normalized spacial score (nSPS) is 25.3. The Labute approximate surface area is 218 Å². The van der Waals surface area contributed by atoms with E-state index in [1.165, 1.54) is 6.20 Å². The summed E-state index contributed by atoms with van der Waals surface area (Å²) in [4.78, 5) is 25.3. The van der Waals surface area contributed by atoms with Crippen LogP contribution in [-0.2, 0) is 4.79 Å². The van der Waals surface area contributed by atoms with Crippen LogP contribution in [0.15, 0.2) is 18.3 Å². The second kappa shape index (κ2) is 10.0. The summed E-state index contributed by atoms with van der Waals surface area (Å²) in [6.07, 6.45) is 5.60. The first-order valence-corrected chi connectivity index (χ1v) is 12.9. The van der Waals surface area contributed by atoms with Gasteiger partial charge in [0.05, 0.1) is 12.3 Å². The van der Waals surface area contributed by atoms with E-state index in [-0.39, 0.29) is 35.3 Å². The standard InChI is InChI=1S/C26H32F3N7O2/c1-26(2)8-7-15(11-20(26)37)32-24-31-12-19-23(35-24)36(16-5-3-13(4-6-16)22(30)38)25(33-19)34-21-17(28)9-14(27)10-18(21)29/h9-10,12-13,15-16,20,37H,3-8,11H2,1-2H3,(H2,30,38)(H,33,34)(H,31,32,35)/t13-,15-,16-,20-/m1/s1. The lowest BCUT2D eigenvalue weighted by atomic mass is 9.73. The fraction of sp³-hybridized carbons (Fsp3) is 0.538. The second-order valence-corrected chi connectivity index (χ2v) is 11.1. The van der Waals surface area contributed by atoms with E-state index in [1.54, 1.807) is 4.57 Å². The summed E-state index contributed by atoms with van der Waals surface area (Å²) in [7, 11) is 0. The molecule has 2 aliphatic rings. The Morgan fingerprint density at radius 3 is 2.42 bits per heavy atom. The molecule has 0 spiro atoms. The van der Waals surface area contributed by atoms with Crippen molar-refractivity contribution >= 4 is 34.7 Å². The number of amides is 1. The number of aliphatic hydroxyl groups is 1. The Bertz CT molecular complexity index is 1330. The van der Waals surface area contributed by atoms with Crippen molar-refractivity contribution in [2.24, 2.45) is 17.1 Å². The van der Waals surface area contributed by atoms with Gasteiger partial charge in [-0.1, -0.05) is 13.8 Å². The molecule has 0 bridgehead atoms. The number of hydrogen-bond donors (Lipinski definition) is 4. The molecule has 5 N–H and O–H groups in total. The van der Waals surface area contributed by atoms with Crippen LogP contribution < -0.4 is 16.4 Å². The number of fused-ring (bicyclic) bond motifs is 1. The topological polar surface area (TPSA) is 131 Å². The van der Waals surface area contributed by atoms with Crippen LogP contribution in [0.1, 0.15) is 64.8 Å². The molecule has 1 amide bonds. The summed E-state index contributed by atoms with van der Waals surface area (Å²) in [5.41, 5.74) is 5.68. The van der Waals surface area contributed by atoms with Gasteiger partial charge in [-0.05, 0) is 50.4 Å². The fourth-order valence-electron chi connectivity index (χ4n) is 5.52. The number of imidazole rings is 1. The van der Waals surface area contributed by atoms with Gasteiger partial charge in [-0.15, -0.1) is 0 Å². The van der Waals surface area contributed by atoms with E-state index in [4.69, 9.17) is 10.7 Å². The second-order valence-electron chi connectivity index (χ2n) is 11.1. The third-order valence-electron chi connectivity index (χ3n) is 8.02. The lowest BCUT2D eigenvalue weighted by molar-refractivity contribution is -0.122. The highest BCUT2D eigenvalue weighted by atomic mass is 19.1. The SMILES string of the molecule is CC1(C)CC[C@@H](Nc2ncc3nc(Nc4c(F)cc(F)cc4F)n([C@H]4CC[C@H](C(N)=O)CC4)c3n2)C[C@H]1O. The van der Waals surface area contributed by atoms with Gasteiger partial charge < -0.3 is 21.5 Å². The highest BCUT2D eigenvalue weighted by molar-refractivity contribution is 5.78. The van der Waals surface area contributed by atoms with Crippen LogP contribution in [0.2, 0.25) is 0 Å². The number of benzene rings is 1. The van der Waals surface area contributed by atoms with Crippen molar-refractivity contribution in [3.8, 4) is 0 Å². The smallest absolute Gasteiger partial charge is 0.224 e. The molecule has 0 aliphatic heterocycles. The molecule has 12 heteroatoms. The molecule has 2 aliphatic carbocycles. The fourth-order valence-corrected chi connectivity index (χ4v) is 5.52. The first kappa shape index (κ1) is 26.2.